The number of aryl methyl sites for hydroxylation is 1. The van der Waals surface area contributed by atoms with Gasteiger partial charge in [-0.25, -0.2) is 0 Å². The molecule has 19 heavy (non-hydrogen) atoms. The summed E-state index contributed by atoms with van der Waals surface area (Å²) < 4.78 is 7.60. The van der Waals surface area contributed by atoms with Gasteiger partial charge in [-0.2, -0.15) is 5.10 Å². The van der Waals surface area contributed by atoms with Gasteiger partial charge in [-0.15, -0.1) is 0 Å². The number of ether oxygens (including phenoxy) is 1. The van der Waals surface area contributed by atoms with Crippen LogP contribution in [0.5, 0.6) is 5.75 Å². The van der Waals surface area contributed by atoms with Crippen molar-refractivity contribution in [1.29, 1.82) is 0 Å². The summed E-state index contributed by atoms with van der Waals surface area (Å²) in [6, 6.07) is 7.78. The van der Waals surface area contributed by atoms with Crippen molar-refractivity contribution in [3.8, 4) is 5.75 Å². The fourth-order valence-corrected chi connectivity index (χ4v) is 2.02. The monoisotopic (exact) mass is 279 g/mol. The molecule has 1 N–H and O–H groups in total. The van der Waals surface area contributed by atoms with Crippen molar-refractivity contribution in [2.75, 3.05) is 7.05 Å². The molecule has 4 nitrogen and oxygen atoms in total. The van der Waals surface area contributed by atoms with E-state index in [-0.39, 0.29) is 6.04 Å². The lowest BCUT2D eigenvalue weighted by atomic mass is 10.1. The Morgan fingerprint density at radius 3 is 2.84 bits per heavy atom. The van der Waals surface area contributed by atoms with Crippen LogP contribution in [0.1, 0.15) is 24.2 Å². The van der Waals surface area contributed by atoms with Crippen molar-refractivity contribution >= 4 is 11.6 Å². The molecule has 0 saturated carbocycles. The Morgan fingerprint density at radius 2 is 2.21 bits per heavy atom. The van der Waals surface area contributed by atoms with E-state index in [0.29, 0.717) is 11.6 Å². The molecular formula is C14H18ClN3O. The first kappa shape index (κ1) is 13.9. The van der Waals surface area contributed by atoms with Crippen molar-refractivity contribution in [3.63, 3.8) is 0 Å². The van der Waals surface area contributed by atoms with Crippen molar-refractivity contribution in [1.82, 2.24) is 15.1 Å². The van der Waals surface area contributed by atoms with Crippen molar-refractivity contribution in [2.45, 2.75) is 19.6 Å². The van der Waals surface area contributed by atoms with Gasteiger partial charge in [-0.1, -0.05) is 11.6 Å². The minimum absolute atomic E-state index is 0.178. The third-order valence-electron chi connectivity index (χ3n) is 3.02. The van der Waals surface area contributed by atoms with Crippen LogP contribution in [0, 0.1) is 0 Å². The first-order chi connectivity index (χ1) is 9.10. The van der Waals surface area contributed by atoms with Crippen LogP contribution in [0.2, 0.25) is 5.02 Å². The highest BCUT2D eigenvalue weighted by molar-refractivity contribution is 6.30. The lowest BCUT2D eigenvalue weighted by molar-refractivity contribution is 0.294. The minimum Gasteiger partial charge on any atom is -0.487 e. The average Bonchev–Trinajstić information content (AvgIpc) is 2.82. The Labute approximate surface area is 118 Å². The summed E-state index contributed by atoms with van der Waals surface area (Å²) in [6.45, 7) is 2.52. The highest BCUT2D eigenvalue weighted by Crippen LogP contribution is 2.28. The highest BCUT2D eigenvalue weighted by Gasteiger charge is 2.11. The molecule has 1 heterocycles. The van der Waals surface area contributed by atoms with Crippen molar-refractivity contribution in [3.05, 3.63) is 46.7 Å². The van der Waals surface area contributed by atoms with Crippen molar-refractivity contribution < 1.29 is 4.74 Å². The minimum atomic E-state index is 0.178. The summed E-state index contributed by atoms with van der Waals surface area (Å²) in [5, 5.41) is 8.19. The molecule has 0 spiro atoms. The summed E-state index contributed by atoms with van der Waals surface area (Å²) in [5.74, 6) is 0.830. The van der Waals surface area contributed by atoms with E-state index in [2.05, 4.69) is 17.3 Å². The van der Waals surface area contributed by atoms with Gasteiger partial charge in [-0.3, -0.25) is 4.68 Å². The SMILES string of the molecule is CNC(C)c1cc(Cl)ccc1OCc1ccn(C)n1. The lowest BCUT2D eigenvalue weighted by Crippen LogP contribution is -2.14. The van der Waals surface area contributed by atoms with Crippen LogP contribution < -0.4 is 10.1 Å². The second-order valence-electron chi connectivity index (χ2n) is 4.46. The van der Waals surface area contributed by atoms with Crippen LogP contribution in [-0.2, 0) is 13.7 Å². The Hall–Kier alpha value is -1.52. The molecule has 0 aliphatic rings. The molecule has 102 valence electrons. The Morgan fingerprint density at radius 1 is 1.42 bits per heavy atom. The van der Waals surface area contributed by atoms with E-state index in [1.54, 1.807) is 4.68 Å². The number of halogens is 1. The summed E-state index contributed by atoms with van der Waals surface area (Å²) >= 11 is 6.04. The van der Waals surface area contributed by atoms with Crippen LogP contribution >= 0.6 is 11.6 Å². The summed E-state index contributed by atoms with van der Waals surface area (Å²) in [5.41, 5.74) is 1.95. The van der Waals surface area contributed by atoms with Gasteiger partial charge in [-0.05, 0) is 38.2 Å². The number of nitrogens with zero attached hydrogens (tertiary/aromatic N) is 2. The Bertz CT molecular complexity index is 553. The second kappa shape index (κ2) is 6.08. The Kier molecular flexibility index (Phi) is 4.45. The van der Waals surface area contributed by atoms with E-state index in [1.165, 1.54) is 0 Å². The molecule has 1 aromatic carbocycles. The predicted octanol–water partition coefficient (Wildman–Crippen LogP) is 2.93. The molecule has 1 aromatic heterocycles. The average molecular weight is 280 g/mol. The normalized spacial score (nSPS) is 12.4. The zero-order valence-corrected chi connectivity index (χ0v) is 12.1. The molecule has 0 fully saturated rings. The topological polar surface area (TPSA) is 39.1 Å². The molecule has 0 aliphatic heterocycles. The standard InChI is InChI=1S/C14H18ClN3O/c1-10(16-2)13-8-11(15)4-5-14(13)19-9-12-6-7-18(3)17-12/h4-8,10,16H,9H2,1-3H3. The number of hydrogen-bond donors (Lipinski definition) is 1. The van der Waals surface area contributed by atoms with Crippen LogP contribution in [0.15, 0.2) is 30.5 Å². The van der Waals surface area contributed by atoms with E-state index in [0.717, 1.165) is 17.0 Å². The molecule has 0 aliphatic carbocycles. The number of hydrogen-bond acceptors (Lipinski definition) is 3. The molecular weight excluding hydrogens is 262 g/mol. The predicted molar refractivity (Wildman–Crippen MR) is 76.5 cm³/mol. The van der Waals surface area contributed by atoms with Gasteiger partial charge in [0.15, 0.2) is 0 Å². The summed E-state index contributed by atoms with van der Waals surface area (Å²) in [7, 11) is 3.80. The van der Waals surface area contributed by atoms with Gasteiger partial charge in [0, 0.05) is 29.9 Å². The second-order valence-corrected chi connectivity index (χ2v) is 4.90. The van der Waals surface area contributed by atoms with E-state index in [9.17, 15) is 0 Å². The smallest absolute Gasteiger partial charge is 0.132 e. The van der Waals surface area contributed by atoms with Gasteiger partial charge >= 0.3 is 0 Å². The largest absolute Gasteiger partial charge is 0.487 e. The van der Waals surface area contributed by atoms with Crippen LogP contribution in [0.25, 0.3) is 0 Å². The van der Waals surface area contributed by atoms with Crippen LogP contribution in [0.4, 0.5) is 0 Å². The molecule has 0 radical (unpaired) electrons. The third-order valence-corrected chi connectivity index (χ3v) is 3.25. The fourth-order valence-electron chi connectivity index (χ4n) is 1.84. The first-order valence-corrected chi connectivity index (χ1v) is 6.56. The van der Waals surface area contributed by atoms with E-state index < -0.39 is 0 Å². The number of nitrogens with one attached hydrogen (secondary N) is 1. The number of rotatable bonds is 5. The number of benzene rings is 1. The van der Waals surface area contributed by atoms with Gasteiger partial charge in [0.05, 0.1) is 5.69 Å². The zero-order valence-electron chi connectivity index (χ0n) is 11.4. The molecule has 5 heteroatoms. The van der Waals surface area contributed by atoms with Gasteiger partial charge < -0.3 is 10.1 Å². The molecule has 2 aromatic rings. The molecule has 2 rings (SSSR count). The molecule has 0 bridgehead atoms. The van der Waals surface area contributed by atoms with Crippen molar-refractivity contribution in [2.24, 2.45) is 7.05 Å². The molecule has 0 saturated heterocycles. The van der Waals surface area contributed by atoms with Crippen LogP contribution in [0.3, 0.4) is 0 Å². The quantitative estimate of drug-likeness (QED) is 0.915. The summed E-state index contributed by atoms with van der Waals surface area (Å²) in [4.78, 5) is 0. The third kappa shape index (κ3) is 3.49. The highest BCUT2D eigenvalue weighted by atomic mass is 35.5. The van der Waals surface area contributed by atoms with E-state index in [1.807, 2.05) is 44.6 Å². The Balaban J connectivity index is 2.15. The maximum Gasteiger partial charge on any atom is 0.132 e. The van der Waals surface area contributed by atoms with E-state index >= 15 is 0 Å². The first-order valence-electron chi connectivity index (χ1n) is 6.18. The number of aromatic nitrogens is 2. The molecule has 1 atom stereocenters. The lowest BCUT2D eigenvalue weighted by Gasteiger charge is -2.16. The van der Waals surface area contributed by atoms with E-state index in [4.69, 9.17) is 16.3 Å². The zero-order chi connectivity index (χ0) is 13.8. The van der Waals surface area contributed by atoms with Crippen LogP contribution in [-0.4, -0.2) is 16.8 Å². The van der Waals surface area contributed by atoms with Gasteiger partial charge in [0.1, 0.15) is 12.4 Å². The summed E-state index contributed by atoms with van der Waals surface area (Å²) in [6.07, 6.45) is 1.90. The molecule has 1 unspecified atom stereocenters. The van der Waals surface area contributed by atoms with Gasteiger partial charge in [0.2, 0.25) is 0 Å². The van der Waals surface area contributed by atoms with Gasteiger partial charge in [0.25, 0.3) is 0 Å². The maximum absolute atomic E-state index is 6.04. The maximum atomic E-state index is 6.04. The molecule has 0 amide bonds. The fraction of sp³-hybridized carbons (Fsp3) is 0.357.